The van der Waals surface area contributed by atoms with Gasteiger partial charge in [0.15, 0.2) is 16.5 Å². The summed E-state index contributed by atoms with van der Waals surface area (Å²) in [5, 5.41) is 9.19. The SMILES string of the molecule is CC(C)c1ccc(S(=O)(=O)O)nc1.COc1ccc(Cl)c(Oc2c(N)cc(C(=O)N3CCOCC3)cc2OCCO)c1. The van der Waals surface area contributed by atoms with Gasteiger partial charge in [-0.25, -0.2) is 4.98 Å². The summed E-state index contributed by atoms with van der Waals surface area (Å²) in [7, 11) is -2.63. The summed E-state index contributed by atoms with van der Waals surface area (Å²) < 4.78 is 51.8. The van der Waals surface area contributed by atoms with Crippen molar-refractivity contribution in [1.82, 2.24) is 9.88 Å². The van der Waals surface area contributed by atoms with Gasteiger partial charge in [-0.3, -0.25) is 9.35 Å². The van der Waals surface area contributed by atoms with Crippen LogP contribution in [0.4, 0.5) is 5.69 Å². The number of aliphatic hydroxyl groups is 1. The number of carbonyl (C=O) groups excluding carboxylic acids is 1. The number of halogens is 1. The molecule has 12 nitrogen and oxygen atoms in total. The number of ether oxygens (including phenoxy) is 4. The molecule has 1 aromatic heterocycles. The van der Waals surface area contributed by atoms with E-state index in [4.69, 9.17) is 45.9 Å². The summed E-state index contributed by atoms with van der Waals surface area (Å²) >= 11 is 6.22. The summed E-state index contributed by atoms with van der Waals surface area (Å²) in [5.41, 5.74) is 7.70. The first-order chi connectivity index (χ1) is 19.9. The fourth-order valence-electron chi connectivity index (χ4n) is 3.75. The van der Waals surface area contributed by atoms with E-state index in [1.165, 1.54) is 25.4 Å². The molecule has 0 radical (unpaired) electrons. The highest BCUT2D eigenvalue weighted by Crippen LogP contribution is 2.41. The molecule has 0 unspecified atom stereocenters. The summed E-state index contributed by atoms with van der Waals surface area (Å²) in [6, 6.07) is 11.0. The number of amides is 1. The summed E-state index contributed by atoms with van der Waals surface area (Å²) in [6.45, 7) is 5.74. The van der Waals surface area contributed by atoms with E-state index in [1.807, 2.05) is 13.8 Å². The first-order valence-corrected chi connectivity index (χ1v) is 14.8. The fraction of sp³-hybridized carbons (Fsp3) is 0.357. The van der Waals surface area contributed by atoms with Crippen molar-refractivity contribution in [2.24, 2.45) is 0 Å². The quantitative estimate of drug-likeness (QED) is 0.232. The van der Waals surface area contributed by atoms with E-state index in [-0.39, 0.29) is 41.3 Å². The molecule has 4 rings (SSSR count). The van der Waals surface area contributed by atoms with Gasteiger partial charge >= 0.3 is 10.1 Å². The van der Waals surface area contributed by atoms with E-state index in [1.54, 1.807) is 35.2 Å². The number of morpholine rings is 1. The second-order valence-electron chi connectivity index (χ2n) is 9.33. The lowest BCUT2D eigenvalue weighted by Gasteiger charge is -2.27. The molecule has 228 valence electrons. The highest BCUT2D eigenvalue weighted by atomic mass is 35.5. The first-order valence-electron chi connectivity index (χ1n) is 12.9. The van der Waals surface area contributed by atoms with Crippen LogP contribution in [0.15, 0.2) is 53.7 Å². The standard InChI is InChI=1S/C20H23ClN2O6.C8H11NO3S/c1-26-14-2-3-15(21)17(12-14)29-19-16(22)10-13(11-18(19)28-9-6-24)20(25)23-4-7-27-8-5-23;1-6(2)7-3-4-8(9-5-7)13(10,11)12/h2-3,10-12,24H,4-9,22H2,1H3;3-6H,1-2H3,(H,10,11,12). The minimum atomic E-state index is -4.16. The number of benzene rings is 2. The third kappa shape index (κ3) is 8.94. The summed E-state index contributed by atoms with van der Waals surface area (Å²) in [6.07, 6.45) is 1.45. The average Bonchev–Trinajstić information content (AvgIpc) is 2.98. The van der Waals surface area contributed by atoms with Crippen molar-refractivity contribution in [3.8, 4) is 23.0 Å². The van der Waals surface area contributed by atoms with Crippen LogP contribution >= 0.6 is 11.6 Å². The van der Waals surface area contributed by atoms with E-state index in [2.05, 4.69) is 4.98 Å². The molecule has 42 heavy (non-hydrogen) atoms. The number of pyridine rings is 1. The molecule has 1 aliphatic rings. The van der Waals surface area contributed by atoms with Crippen LogP contribution in [0.25, 0.3) is 0 Å². The molecule has 2 aromatic carbocycles. The van der Waals surface area contributed by atoms with E-state index in [0.717, 1.165) is 5.56 Å². The van der Waals surface area contributed by atoms with E-state index < -0.39 is 10.1 Å². The smallest absolute Gasteiger partial charge is 0.312 e. The Morgan fingerprint density at radius 3 is 2.43 bits per heavy atom. The molecule has 0 saturated carbocycles. The van der Waals surface area contributed by atoms with Gasteiger partial charge in [0.1, 0.15) is 18.1 Å². The lowest BCUT2D eigenvalue weighted by molar-refractivity contribution is 0.0302. The number of nitrogens with zero attached hydrogens (tertiary/aromatic N) is 2. The van der Waals surface area contributed by atoms with Gasteiger partial charge in [-0.15, -0.1) is 0 Å². The highest BCUT2D eigenvalue weighted by Gasteiger charge is 2.23. The van der Waals surface area contributed by atoms with Gasteiger partial charge in [0, 0.05) is 30.9 Å². The Labute approximate surface area is 249 Å². The zero-order chi connectivity index (χ0) is 30.9. The van der Waals surface area contributed by atoms with Crippen molar-refractivity contribution in [2.45, 2.75) is 24.8 Å². The van der Waals surface area contributed by atoms with Crippen LogP contribution in [0.2, 0.25) is 5.02 Å². The monoisotopic (exact) mass is 623 g/mol. The highest BCUT2D eigenvalue weighted by molar-refractivity contribution is 7.85. The summed E-state index contributed by atoms with van der Waals surface area (Å²) in [4.78, 5) is 18.1. The van der Waals surface area contributed by atoms with Crippen LogP contribution < -0.4 is 19.9 Å². The molecule has 1 amide bonds. The predicted molar refractivity (Wildman–Crippen MR) is 156 cm³/mol. The molecule has 0 spiro atoms. The topological polar surface area (TPSA) is 171 Å². The zero-order valence-electron chi connectivity index (χ0n) is 23.4. The molecule has 2 heterocycles. The second-order valence-corrected chi connectivity index (χ2v) is 11.1. The van der Waals surface area contributed by atoms with Crippen molar-refractivity contribution in [3.05, 3.63) is 64.8 Å². The largest absolute Gasteiger partial charge is 0.497 e. The molecule has 4 N–H and O–H groups in total. The Balaban J connectivity index is 0.000000312. The van der Waals surface area contributed by atoms with Gasteiger partial charge in [-0.1, -0.05) is 31.5 Å². The Bertz CT molecular complexity index is 1460. The molecule has 14 heteroatoms. The molecule has 3 aromatic rings. The maximum atomic E-state index is 12.8. The number of carbonyl (C=O) groups is 1. The number of nitrogens with two attached hydrogens (primary N) is 1. The van der Waals surface area contributed by atoms with Crippen molar-refractivity contribution in [1.29, 1.82) is 0 Å². The van der Waals surface area contributed by atoms with Crippen LogP contribution in [-0.2, 0) is 14.9 Å². The minimum absolute atomic E-state index is 0.0108. The third-order valence-electron chi connectivity index (χ3n) is 6.02. The third-order valence-corrected chi connectivity index (χ3v) is 7.10. The lowest BCUT2D eigenvalue weighted by atomic mass is 10.1. The number of anilines is 1. The number of methoxy groups -OCH3 is 1. The number of aromatic nitrogens is 1. The zero-order valence-corrected chi connectivity index (χ0v) is 25.0. The van der Waals surface area contributed by atoms with Gasteiger partial charge in [0.2, 0.25) is 0 Å². The number of rotatable bonds is 9. The Kier molecular flexibility index (Phi) is 11.8. The van der Waals surface area contributed by atoms with Gasteiger partial charge < -0.3 is 34.7 Å². The maximum Gasteiger partial charge on any atom is 0.312 e. The van der Waals surface area contributed by atoms with Gasteiger partial charge in [-0.2, -0.15) is 8.42 Å². The fourth-order valence-corrected chi connectivity index (χ4v) is 4.34. The van der Waals surface area contributed by atoms with Crippen LogP contribution in [0.5, 0.6) is 23.0 Å². The van der Waals surface area contributed by atoms with Crippen LogP contribution in [0.1, 0.15) is 35.7 Å². The number of hydrogen-bond donors (Lipinski definition) is 3. The van der Waals surface area contributed by atoms with E-state index >= 15 is 0 Å². The average molecular weight is 624 g/mol. The Hall–Kier alpha value is -3.62. The molecule has 1 saturated heterocycles. The van der Waals surface area contributed by atoms with Gasteiger partial charge in [-0.05, 0) is 41.8 Å². The molecule has 0 atom stereocenters. The number of hydrogen-bond acceptors (Lipinski definition) is 10. The molecule has 1 fully saturated rings. The minimum Gasteiger partial charge on any atom is -0.497 e. The molecule has 1 aliphatic heterocycles. The summed E-state index contributed by atoms with van der Waals surface area (Å²) in [5.74, 6) is 1.42. The van der Waals surface area contributed by atoms with E-state index in [9.17, 15) is 13.2 Å². The first kappa shape index (κ1) is 32.9. The lowest BCUT2D eigenvalue weighted by Crippen LogP contribution is -2.40. The maximum absolute atomic E-state index is 12.8. The van der Waals surface area contributed by atoms with Gasteiger partial charge in [0.25, 0.3) is 5.91 Å². The van der Waals surface area contributed by atoms with Crippen molar-refractivity contribution >= 4 is 33.3 Å². The van der Waals surface area contributed by atoms with E-state index in [0.29, 0.717) is 54.3 Å². The molecule has 0 aliphatic carbocycles. The van der Waals surface area contributed by atoms with Crippen molar-refractivity contribution < 1.29 is 41.8 Å². The van der Waals surface area contributed by atoms with Crippen LogP contribution in [-0.4, -0.2) is 80.5 Å². The molecular weight excluding hydrogens is 590 g/mol. The predicted octanol–water partition coefficient (Wildman–Crippen LogP) is 4.02. The van der Waals surface area contributed by atoms with Crippen molar-refractivity contribution in [3.63, 3.8) is 0 Å². The Morgan fingerprint density at radius 1 is 1.14 bits per heavy atom. The second kappa shape index (κ2) is 15.0. The number of aliphatic hydroxyl groups excluding tert-OH is 1. The molecular formula is C28H34ClN3O9S. The molecule has 0 bridgehead atoms. The van der Waals surface area contributed by atoms with Crippen molar-refractivity contribution in [2.75, 3.05) is 52.4 Å². The normalized spacial score (nSPS) is 13.3. The van der Waals surface area contributed by atoms with Crippen LogP contribution in [0.3, 0.4) is 0 Å². The number of nitrogen functional groups attached to an aromatic ring is 1. The van der Waals surface area contributed by atoms with Crippen LogP contribution in [0, 0.1) is 0 Å². The Morgan fingerprint density at radius 2 is 1.86 bits per heavy atom. The van der Waals surface area contributed by atoms with Gasteiger partial charge in [0.05, 0.1) is 37.6 Å².